The summed E-state index contributed by atoms with van der Waals surface area (Å²) in [5.74, 6) is 0. The number of aromatic nitrogens is 1. The van der Waals surface area contributed by atoms with Gasteiger partial charge in [0.2, 0.25) is 0 Å². The molecule has 1 aliphatic rings. The summed E-state index contributed by atoms with van der Waals surface area (Å²) in [5, 5.41) is 4.05. The van der Waals surface area contributed by atoms with Crippen molar-refractivity contribution < 1.29 is 13.2 Å². The maximum absolute atomic E-state index is 12.7. The fourth-order valence-corrected chi connectivity index (χ4v) is 4.53. The van der Waals surface area contributed by atoms with E-state index in [2.05, 4.69) is 4.98 Å². The number of thiophene rings is 1. The van der Waals surface area contributed by atoms with Gasteiger partial charge in [0.1, 0.15) is 0 Å². The van der Waals surface area contributed by atoms with Crippen LogP contribution in [-0.4, -0.2) is 36.9 Å². The largest absolute Gasteiger partial charge is 0.368 e. The summed E-state index contributed by atoms with van der Waals surface area (Å²) in [6.45, 7) is 2.55. The first-order valence-corrected chi connectivity index (χ1v) is 9.04. The fourth-order valence-electron chi connectivity index (χ4n) is 2.38. The van der Waals surface area contributed by atoms with E-state index in [0.717, 1.165) is 5.56 Å². The van der Waals surface area contributed by atoms with Crippen molar-refractivity contribution in [2.45, 2.75) is 24.2 Å². The zero-order chi connectivity index (χ0) is 14.9. The van der Waals surface area contributed by atoms with Gasteiger partial charge < -0.3 is 4.74 Å². The molecule has 2 aromatic rings. The molecule has 0 N–H and O–H groups in total. The van der Waals surface area contributed by atoms with Crippen LogP contribution in [0.25, 0.3) is 0 Å². The number of hydrogen-bond acceptors (Lipinski definition) is 5. The molecule has 0 radical (unpaired) electrons. The molecule has 1 saturated heterocycles. The van der Waals surface area contributed by atoms with Crippen LogP contribution < -0.4 is 0 Å². The molecule has 2 unspecified atom stereocenters. The van der Waals surface area contributed by atoms with E-state index in [4.69, 9.17) is 4.74 Å². The Bertz CT molecular complexity index is 686. The molecule has 5 nitrogen and oxygen atoms in total. The molecule has 0 saturated carbocycles. The van der Waals surface area contributed by atoms with Crippen LogP contribution in [0.4, 0.5) is 0 Å². The average molecular weight is 324 g/mol. The van der Waals surface area contributed by atoms with Crippen molar-refractivity contribution in [3.05, 3.63) is 46.8 Å². The van der Waals surface area contributed by atoms with Crippen molar-refractivity contribution in [1.29, 1.82) is 0 Å². The Labute approximate surface area is 128 Å². The Morgan fingerprint density at radius 2 is 2.19 bits per heavy atom. The van der Waals surface area contributed by atoms with Crippen LogP contribution in [0, 0.1) is 0 Å². The lowest BCUT2D eigenvalue weighted by atomic mass is 10.1. The fraction of sp³-hybridized carbons (Fsp3) is 0.357. The van der Waals surface area contributed by atoms with Crippen LogP contribution in [0.15, 0.2) is 46.2 Å². The van der Waals surface area contributed by atoms with Gasteiger partial charge in [-0.2, -0.15) is 15.6 Å². The molecular weight excluding hydrogens is 308 g/mol. The second kappa shape index (κ2) is 5.84. The molecule has 112 valence electrons. The summed E-state index contributed by atoms with van der Waals surface area (Å²) in [4.78, 5) is 3.97. The highest BCUT2D eigenvalue weighted by molar-refractivity contribution is 7.89. The lowest BCUT2D eigenvalue weighted by Crippen LogP contribution is -2.45. The van der Waals surface area contributed by atoms with Gasteiger partial charge in [0.15, 0.2) is 5.03 Å². The van der Waals surface area contributed by atoms with Gasteiger partial charge in [-0.05, 0) is 41.4 Å². The zero-order valence-electron chi connectivity index (χ0n) is 11.5. The SMILES string of the molecule is CC1CN(S(=O)(=O)c2ccccn2)CC(c2ccsc2)O1. The van der Waals surface area contributed by atoms with E-state index < -0.39 is 10.0 Å². The highest BCUT2D eigenvalue weighted by atomic mass is 32.2. The van der Waals surface area contributed by atoms with E-state index in [9.17, 15) is 8.42 Å². The van der Waals surface area contributed by atoms with Gasteiger partial charge in [-0.15, -0.1) is 0 Å². The number of sulfonamides is 1. The molecule has 3 heterocycles. The number of ether oxygens (including phenoxy) is 1. The van der Waals surface area contributed by atoms with Crippen LogP contribution in [-0.2, 0) is 14.8 Å². The third-order valence-electron chi connectivity index (χ3n) is 3.38. The van der Waals surface area contributed by atoms with E-state index >= 15 is 0 Å². The summed E-state index contributed by atoms with van der Waals surface area (Å²) in [6.07, 6.45) is 1.12. The Balaban J connectivity index is 1.88. The van der Waals surface area contributed by atoms with Crippen LogP contribution in [0.2, 0.25) is 0 Å². The zero-order valence-corrected chi connectivity index (χ0v) is 13.2. The molecule has 3 rings (SSSR count). The second-order valence-electron chi connectivity index (χ2n) is 4.98. The van der Waals surface area contributed by atoms with Crippen LogP contribution in [0.5, 0.6) is 0 Å². The van der Waals surface area contributed by atoms with Gasteiger partial charge in [-0.1, -0.05) is 6.07 Å². The molecule has 0 aromatic carbocycles. The van der Waals surface area contributed by atoms with Gasteiger partial charge >= 0.3 is 0 Å². The number of morpholine rings is 1. The van der Waals surface area contributed by atoms with Crippen molar-refractivity contribution in [1.82, 2.24) is 9.29 Å². The Kier molecular flexibility index (Phi) is 4.08. The first-order chi connectivity index (χ1) is 10.1. The van der Waals surface area contributed by atoms with E-state index in [0.29, 0.717) is 13.1 Å². The molecule has 1 fully saturated rings. The predicted molar refractivity (Wildman–Crippen MR) is 80.6 cm³/mol. The van der Waals surface area contributed by atoms with E-state index in [1.54, 1.807) is 23.5 Å². The minimum atomic E-state index is -3.57. The summed E-state index contributed by atoms with van der Waals surface area (Å²) >= 11 is 1.58. The van der Waals surface area contributed by atoms with Gasteiger partial charge in [0.05, 0.1) is 12.2 Å². The predicted octanol–water partition coefficient (Wildman–Crippen LogP) is 2.29. The Morgan fingerprint density at radius 3 is 2.86 bits per heavy atom. The van der Waals surface area contributed by atoms with E-state index in [1.165, 1.54) is 16.6 Å². The average Bonchev–Trinajstić information content (AvgIpc) is 3.02. The Morgan fingerprint density at radius 1 is 1.33 bits per heavy atom. The molecular formula is C14H16N2O3S2. The molecule has 0 spiro atoms. The molecule has 2 atom stereocenters. The third kappa shape index (κ3) is 3.01. The van der Waals surface area contributed by atoms with Crippen molar-refractivity contribution in [3.63, 3.8) is 0 Å². The highest BCUT2D eigenvalue weighted by Crippen LogP contribution is 2.29. The maximum atomic E-state index is 12.7. The second-order valence-corrected chi connectivity index (χ2v) is 7.65. The monoisotopic (exact) mass is 324 g/mol. The van der Waals surface area contributed by atoms with E-state index in [-0.39, 0.29) is 17.2 Å². The van der Waals surface area contributed by atoms with Gasteiger partial charge in [0, 0.05) is 19.3 Å². The number of hydrogen-bond donors (Lipinski definition) is 0. The highest BCUT2D eigenvalue weighted by Gasteiger charge is 2.35. The van der Waals surface area contributed by atoms with Crippen LogP contribution in [0.3, 0.4) is 0 Å². The van der Waals surface area contributed by atoms with Gasteiger partial charge in [0.25, 0.3) is 10.0 Å². The van der Waals surface area contributed by atoms with Gasteiger partial charge in [-0.3, -0.25) is 0 Å². The molecule has 2 aromatic heterocycles. The molecule has 7 heteroatoms. The summed E-state index contributed by atoms with van der Waals surface area (Å²) in [5.41, 5.74) is 1.02. The van der Waals surface area contributed by atoms with Crippen molar-refractivity contribution in [2.24, 2.45) is 0 Å². The standard InChI is InChI=1S/C14H16N2O3S2/c1-11-8-16(9-13(19-11)12-5-7-20-10-12)21(17,18)14-4-2-3-6-15-14/h2-7,10-11,13H,8-9H2,1H3. The number of rotatable bonds is 3. The Hall–Kier alpha value is -1.28. The normalized spacial score (nSPS) is 24.0. The minimum Gasteiger partial charge on any atom is -0.368 e. The molecule has 0 aliphatic carbocycles. The summed E-state index contributed by atoms with van der Waals surface area (Å²) in [6, 6.07) is 6.88. The van der Waals surface area contributed by atoms with E-state index in [1.807, 2.05) is 23.8 Å². The van der Waals surface area contributed by atoms with Crippen molar-refractivity contribution in [3.8, 4) is 0 Å². The maximum Gasteiger partial charge on any atom is 0.260 e. The molecule has 0 amide bonds. The first-order valence-electron chi connectivity index (χ1n) is 6.66. The minimum absolute atomic E-state index is 0.0863. The lowest BCUT2D eigenvalue weighted by molar-refractivity contribution is -0.0555. The molecule has 0 bridgehead atoms. The quantitative estimate of drug-likeness (QED) is 0.869. The smallest absolute Gasteiger partial charge is 0.260 e. The summed E-state index contributed by atoms with van der Waals surface area (Å²) < 4.78 is 32.7. The van der Waals surface area contributed by atoms with Crippen molar-refractivity contribution >= 4 is 21.4 Å². The number of pyridine rings is 1. The molecule has 1 aliphatic heterocycles. The topological polar surface area (TPSA) is 59.5 Å². The number of nitrogens with zero attached hydrogens (tertiary/aromatic N) is 2. The van der Waals surface area contributed by atoms with Crippen LogP contribution >= 0.6 is 11.3 Å². The van der Waals surface area contributed by atoms with Crippen LogP contribution in [0.1, 0.15) is 18.6 Å². The third-order valence-corrected chi connectivity index (χ3v) is 5.83. The summed E-state index contributed by atoms with van der Waals surface area (Å²) in [7, 11) is -3.57. The van der Waals surface area contributed by atoms with Gasteiger partial charge in [-0.25, -0.2) is 13.4 Å². The lowest BCUT2D eigenvalue weighted by Gasteiger charge is -2.35. The first kappa shape index (κ1) is 14.6. The molecule has 21 heavy (non-hydrogen) atoms. The van der Waals surface area contributed by atoms with Crippen molar-refractivity contribution in [2.75, 3.05) is 13.1 Å².